The third-order valence-corrected chi connectivity index (χ3v) is 21.8. The lowest BCUT2D eigenvalue weighted by Gasteiger charge is -2.12. The molecule has 784 valence electrons. The Bertz CT molecular complexity index is 6870. The van der Waals surface area contributed by atoms with E-state index in [0.29, 0.717) is 140 Å². The van der Waals surface area contributed by atoms with Crippen LogP contribution in [0, 0.1) is 72.6 Å². The number of rotatable bonds is 25. The van der Waals surface area contributed by atoms with Crippen molar-refractivity contribution in [2.75, 3.05) is 78.6 Å². The number of nitrogens with two attached hydrogens (primary N) is 4. The molecular formula is C104H111Cl8F2IN18O15. The standard InChI is InChI=1S/C22H22ClFN2O3.C14H12FNO3.C12H14ClN3O.C12H10ClN3O.C11H10ClIN2O.C11H12ClN3O.C7H9ClN2O.C7H8ClNO.C4H5NO.C4H8O2.ClH/c1-14-9-18(26(25-14)21-12-17(23)5-8-22(21)29-2)6-7-19(28)10-15-3-4-16(13-27)20(24)11-15;15-13-7-6-11(8-10(13)9-17)16-14(18)19-12-4-2-1-3-5-12;2*1-8-5-10(7-14)16(15-8)11-6-9(13)3-4-12(11)17-2;2*1-7-5-11(13)15(14-7)9-6-8(12)3-4-10(9)16-2;1-11-7-3-2-5(8)4-6(7)10-9;1-10-7-3-2-5(8)4-6(7)9;1-4(6)2-3-5;1-3-6-4(2)5;/h3-5,8-9,11-12,27H,6-7,10,13H2,1-2H3;1-8,17H,9H2,(H,16,18);3-6H,7,14H2,1-2H3;3-6H,1-2H3;3-6H,1-2H3;3-6H,13H2,1-2H3;2-4,10H,9H2,1H3;2-4H,9H2,1H3;2H2,1H3;3H2,1-2H3;1H. The predicted octanol–water partition coefficient (Wildman–Crippen LogP) is 23.1. The maximum atomic E-state index is 13.8. The summed E-state index contributed by atoms with van der Waals surface area (Å²) in [6.07, 6.45) is 0.266. The van der Waals surface area contributed by atoms with E-state index in [-0.39, 0.29) is 66.9 Å². The van der Waals surface area contributed by atoms with E-state index in [2.05, 4.69) is 69.6 Å². The number of nitrogen functional groups attached to an aromatic ring is 3. The molecule has 0 aliphatic heterocycles. The number of carbonyl (C=O) groups excluding carboxylic acids is 4. The van der Waals surface area contributed by atoms with Gasteiger partial charge in [0.2, 0.25) is 0 Å². The number of aromatic nitrogens is 10. The van der Waals surface area contributed by atoms with Gasteiger partial charge in [-0.25, -0.2) is 37.0 Å². The first kappa shape index (κ1) is 125. The average molecular weight is 2300 g/mol. The van der Waals surface area contributed by atoms with Crippen LogP contribution in [0.3, 0.4) is 0 Å². The van der Waals surface area contributed by atoms with Crippen molar-refractivity contribution in [1.29, 1.82) is 10.5 Å². The molecule has 0 unspecified atom stereocenters. The summed E-state index contributed by atoms with van der Waals surface area (Å²) in [6.45, 7) is 14.1. The molecule has 0 aliphatic rings. The fourth-order valence-corrected chi connectivity index (χ4v) is 14.8. The third kappa shape index (κ3) is 40.0. The number of esters is 1. The Morgan fingerprint density at radius 3 is 1.28 bits per heavy atom. The van der Waals surface area contributed by atoms with Crippen LogP contribution in [0.4, 0.5) is 36.5 Å². The second kappa shape index (κ2) is 64.2. The van der Waals surface area contributed by atoms with Gasteiger partial charge in [-0.05, 0) is 271 Å². The van der Waals surface area contributed by atoms with E-state index >= 15 is 0 Å². The molecule has 0 saturated carbocycles. The molecule has 0 spiro atoms. The minimum atomic E-state index is -0.679. The highest BCUT2D eigenvalue weighted by molar-refractivity contribution is 14.1. The van der Waals surface area contributed by atoms with Crippen LogP contribution in [0.1, 0.15) is 95.9 Å². The van der Waals surface area contributed by atoms with Gasteiger partial charge in [0.15, 0.2) is 0 Å². The van der Waals surface area contributed by atoms with Crippen molar-refractivity contribution >= 4 is 163 Å². The highest BCUT2D eigenvalue weighted by Crippen LogP contribution is 2.35. The van der Waals surface area contributed by atoms with Crippen molar-refractivity contribution in [3.8, 4) is 86.6 Å². The molecule has 1 amide bonds. The third-order valence-electron chi connectivity index (χ3n) is 19.4. The van der Waals surface area contributed by atoms with Gasteiger partial charge in [0.25, 0.3) is 0 Å². The summed E-state index contributed by atoms with van der Waals surface area (Å²) in [4.78, 5) is 43.7. The van der Waals surface area contributed by atoms with Gasteiger partial charge in [0.1, 0.15) is 119 Å². The summed E-state index contributed by atoms with van der Waals surface area (Å²) in [5, 5.41) is 63.4. The van der Waals surface area contributed by atoms with Gasteiger partial charge in [0, 0.05) is 90.0 Å². The summed E-state index contributed by atoms with van der Waals surface area (Å²) in [6, 6.07) is 67.1. The van der Waals surface area contributed by atoms with E-state index in [4.69, 9.17) is 163 Å². The van der Waals surface area contributed by atoms with Gasteiger partial charge in [-0.3, -0.25) is 25.5 Å². The van der Waals surface area contributed by atoms with Gasteiger partial charge in [-0.15, -0.1) is 12.4 Å². The largest absolute Gasteiger partial charge is 0.495 e. The second-order valence-electron chi connectivity index (χ2n) is 30.4. The molecule has 0 saturated heterocycles. The number of ketones is 2. The molecule has 0 aliphatic carbocycles. The number of para-hydroxylation sites is 1. The zero-order valence-corrected chi connectivity index (χ0v) is 91.3. The Morgan fingerprint density at radius 2 is 0.878 bits per heavy atom. The normalized spacial score (nSPS) is 9.97. The monoisotopic (exact) mass is 2300 g/mol. The van der Waals surface area contributed by atoms with Gasteiger partial charge in [-0.2, -0.15) is 36.0 Å². The van der Waals surface area contributed by atoms with Crippen LogP contribution in [-0.4, -0.2) is 139 Å². The SMILES string of the molecule is CC(=O)CC#N.CCOC(C)=O.COc1ccc(Cl)cc1-n1nc(C)cc1C#N.COc1ccc(Cl)cc1-n1nc(C)cc1CCC(=O)Cc1ccc(CO)c(F)c1.COc1ccc(Cl)cc1-n1nc(C)cc1CN.COc1ccc(Cl)cc1-n1nc(C)cc1I.COc1ccc(Cl)cc1-n1nc(C)cc1N.COc1ccc(Cl)cc1N.COc1ccc(Cl)cc1NN.Cl.O=C(Nc1ccc(F)c(CO)c1)Oc1ccccc1. The lowest BCUT2D eigenvalue weighted by atomic mass is 10.0. The number of methoxy groups -OCH3 is 7. The van der Waals surface area contributed by atoms with Crippen molar-refractivity contribution in [3.05, 3.63) is 337 Å². The number of nitriles is 2. The molecule has 5 heterocycles. The molecule has 5 aromatic heterocycles. The summed E-state index contributed by atoms with van der Waals surface area (Å²) in [5.74, 6) is 9.58. The number of nitrogens with zero attached hydrogens (tertiary/aromatic N) is 12. The first-order valence-electron chi connectivity index (χ1n) is 43.9. The van der Waals surface area contributed by atoms with Gasteiger partial charge in [-0.1, -0.05) is 112 Å². The number of carbonyl (C=O) groups is 4. The molecule has 0 radical (unpaired) electrons. The maximum Gasteiger partial charge on any atom is 0.417 e. The zero-order chi connectivity index (χ0) is 109. The summed E-state index contributed by atoms with van der Waals surface area (Å²) in [7, 11) is 11.1. The number of nitrogens with one attached hydrogen (secondary N) is 2. The van der Waals surface area contributed by atoms with Crippen LogP contribution in [0.5, 0.6) is 46.0 Å². The van der Waals surface area contributed by atoms with Gasteiger partial charge in [0.05, 0.1) is 128 Å². The van der Waals surface area contributed by atoms with Crippen molar-refractivity contribution in [3.63, 3.8) is 0 Å². The molecule has 15 aromatic rings. The van der Waals surface area contributed by atoms with E-state index in [1.807, 2.05) is 81.8 Å². The number of aliphatic hydroxyl groups is 2. The number of anilines is 4. The molecule has 0 atom stereocenters. The lowest BCUT2D eigenvalue weighted by Crippen LogP contribution is -2.16. The predicted molar refractivity (Wildman–Crippen MR) is 586 cm³/mol. The lowest BCUT2D eigenvalue weighted by molar-refractivity contribution is -0.140. The quantitative estimate of drug-likeness (QED) is 0.00866. The van der Waals surface area contributed by atoms with E-state index in [0.717, 1.165) is 66.4 Å². The van der Waals surface area contributed by atoms with Crippen molar-refractivity contribution < 1.29 is 80.8 Å². The van der Waals surface area contributed by atoms with E-state index < -0.39 is 24.3 Å². The van der Waals surface area contributed by atoms with Crippen molar-refractivity contribution in [2.24, 2.45) is 11.6 Å². The molecule has 0 fully saturated rings. The Hall–Kier alpha value is -13.9. The number of aryl methyl sites for hydroxylation is 6. The Labute approximate surface area is 910 Å². The van der Waals surface area contributed by atoms with E-state index in [9.17, 15) is 28.0 Å². The summed E-state index contributed by atoms with van der Waals surface area (Å²) >= 11 is 43.6. The van der Waals surface area contributed by atoms with Crippen molar-refractivity contribution in [2.45, 2.75) is 101 Å². The highest BCUT2D eigenvalue weighted by atomic mass is 127. The molecular weight excluding hydrogens is 2190 g/mol. The molecule has 44 heteroatoms. The van der Waals surface area contributed by atoms with Crippen LogP contribution >= 0.6 is 116 Å². The highest BCUT2D eigenvalue weighted by Gasteiger charge is 2.20. The maximum absolute atomic E-state index is 13.8. The minimum absolute atomic E-state index is 0. The number of amides is 1. The van der Waals surface area contributed by atoms with Crippen LogP contribution < -0.4 is 71.7 Å². The molecule has 10 aromatic carbocycles. The van der Waals surface area contributed by atoms with Crippen LogP contribution in [-0.2, 0) is 51.7 Å². The number of benzene rings is 10. The number of Topliss-reactive ketones (excluding diaryl/α,β-unsaturated/α-hetero) is 2. The number of aliphatic hydroxyl groups excluding tert-OH is 2. The van der Waals surface area contributed by atoms with Crippen LogP contribution in [0.2, 0.25) is 35.2 Å². The van der Waals surface area contributed by atoms with Gasteiger partial charge >= 0.3 is 12.1 Å². The average Bonchev–Trinajstić information content (AvgIpc) is 1.66. The second-order valence-corrected chi connectivity index (χ2v) is 34.6. The number of hydrogen-bond acceptors (Lipinski definition) is 27. The summed E-state index contributed by atoms with van der Waals surface area (Å²) < 4.78 is 82.2. The van der Waals surface area contributed by atoms with Crippen molar-refractivity contribution in [1.82, 2.24) is 48.9 Å². The van der Waals surface area contributed by atoms with E-state index in [1.54, 1.807) is 228 Å². The van der Waals surface area contributed by atoms with Gasteiger partial charge < -0.3 is 75.5 Å². The molecule has 15 rings (SSSR count). The molecule has 148 heavy (non-hydrogen) atoms. The molecule has 12 N–H and O–H groups in total. The number of ether oxygens (including phenoxy) is 9. The fourth-order valence-electron chi connectivity index (χ4n) is 12.8. The van der Waals surface area contributed by atoms with Crippen LogP contribution in [0.25, 0.3) is 28.4 Å². The number of halogens is 11. The molecule has 0 bridgehead atoms. The fraction of sp³-hybridized carbons (Fsp3) is 0.221. The first-order chi connectivity index (χ1) is 70.2. The topological polar surface area (TPSA) is 457 Å². The smallest absolute Gasteiger partial charge is 0.417 e. The van der Waals surface area contributed by atoms with Crippen LogP contribution in [0.15, 0.2) is 224 Å². The zero-order valence-electron chi connectivity index (χ0n) is 83.1. The van der Waals surface area contributed by atoms with E-state index in [1.165, 1.54) is 48.9 Å². The molecule has 33 nitrogen and oxygen atoms in total. The Morgan fingerprint density at radius 1 is 0.466 bits per heavy atom. The number of hydrogen-bond donors (Lipinski definition) is 8. The summed E-state index contributed by atoms with van der Waals surface area (Å²) in [5.41, 5.74) is 32.3. The Kier molecular flexibility index (Phi) is 54.1. The first-order valence-corrected chi connectivity index (χ1v) is 47.7. The Balaban J connectivity index is 0.000000297. The number of hydrazine groups is 1. The minimum Gasteiger partial charge on any atom is -0.495 e.